The van der Waals surface area contributed by atoms with E-state index in [1.54, 1.807) is 31.2 Å². The highest BCUT2D eigenvalue weighted by Crippen LogP contribution is 2.54. The number of esters is 1. The van der Waals surface area contributed by atoms with Crippen molar-refractivity contribution in [3.8, 4) is 0 Å². The van der Waals surface area contributed by atoms with Crippen LogP contribution < -0.4 is 5.73 Å². The van der Waals surface area contributed by atoms with Gasteiger partial charge in [0, 0.05) is 18.1 Å². The zero-order chi connectivity index (χ0) is 23.6. The van der Waals surface area contributed by atoms with Crippen molar-refractivity contribution in [2.45, 2.75) is 62.6 Å². The molecule has 2 aliphatic rings. The van der Waals surface area contributed by atoms with E-state index in [0.717, 1.165) is 0 Å². The third-order valence-corrected chi connectivity index (χ3v) is 7.14. The number of ketones is 1. The van der Waals surface area contributed by atoms with Crippen molar-refractivity contribution in [2.75, 3.05) is 6.61 Å². The molecule has 1 unspecified atom stereocenters. The van der Waals surface area contributed by atoms with Gasteiger partial charge in [0.2, 0.25) is 12.2 Å². The molecule has 0 saturated carbocycles. The zero-order valence-electron chi connectivity index (χ0n) is 18.5. The average molecular weight is 465 g/mol. The number of β-lactam (4-membered cyclic amide) rings is 1. The predicted molar refractivity (Wildman–Crippen MR) is 116 cm³/mol. The van der Waals surface area contributed by atoms with E-state index in [1.165, 1.54) is 23.6 Å². The molecular weight excluding hydrogens is 436 g/mol. The van der Waals surface area contributed by atoms with Gasteiger partial charge in [-0.2, -0.15) is 0 Å². The van der Waals surface area contributed by atoms with Crippen molar-refractivity contribution in [1.29, 1.82) is 0 Å². The topological polar surface area (TPSA) is 125 Å². The van der Waals surface area contributed by atoms with E-state index in [4.69, 9.17) is 15.2 Å². The van der Waals surface area contributed by atoms with Crippen molar-refractivity contribution in [3.05, 3.63) is 35.9 Å². The molecule has 1 amide bonds. The monoisotopic (exact) mass is 464 g/mol. The molecule has 0 bridgehead atoms. The molecule has 32 heavy (non-hydrogen) atoms. The Morgan fingerprint density at radius 2 is 1.84 bits per heavy atom. The average Bonchev–Trinajstić information content (AvgIpc) is 2.99. The molecule has 2 fully saturated rings. The number of carbonyl (C=O) groups is 4. The fourth-order valence-electron chi connectivity index (χ4n) is 3.99. The van der Waals surface area contributed by atoms with Gasteiger partial charge in [-0.1, -0.05) is 30.3 Å². The van der Waals surface area contributed by atoms with Crippen LogP contribution in [0.2, 0.25) is 0 Å². The number of thioether (sulfide) groups is 1. The first kappa shape index (κ1) is 24.1. The molecule has 0 aromatic heterocycles. The van der Waals surface area contributed by atoms with Gasteiger partial charge in [-0.3, -0.25) is 9.59 Å². The highest BCUT2D eigenvalue weighted by Gasteiger charge is 2.64. The summed E-state index contributed by atoms with van der Waals surface area (Å²) in [6.07, 6.45) is -2.11. The van der Waals surface area contributed by atoms with Gasteiger partial charge in [0.1, 0.15) is 6.04 Å². The van der Waals surface area contributed by atoms with Crippen LogP contribution in [0, 0.1) is 5.92 Å². The van der Waals surface area contributed by atoms with Gasteiger partial charge in [-0.15, -0.1) is 11.8 Å². The summed E-state index contributed by atoms with van der Waals surface area (Å²) in [6, 6.07) is 7.32. The maximum Gasteiger partial charge on any atom is 0.511 e. The van der Waals surface area contributed by atoms with Gasteiger partial charge in [0.05, 0.1) is 23.9 Å². The first-order chi connectivity index (χ1) is 15.1. The quantitative estimate of drug-likeness (QED) is 0.351. The summed E-state index contributed by atoms with van der Waals surface area (Å²) in [5, 5.41) is -0.330. The number of carbonyl (C=O) groups excluding carboxylic acids is 4. The van der Waals surface area contributed by atoms with Crippen molar-refractivity contribution >= 4 is 35.6 Å². The fourth-order valence-corrected chi connectivity index (χ4v) is 5.67. The molecule has 1 aromatic rings. The largest absolute Gasteiger partial charge is 0.511 e. The van der Waals surface area contributed by atoms with E-state index in [1.807, 2.05) is 19.9 Å². The first-order valence-electron chi connectivity index (χ1n) is 10.4. The summed E-state index contributed by atoms with van der Waals surface area (Å²) in [4.78, 5) is 51.3. The van der Waals surface area contributed by atoms with Gasteiger partial charge in [0.15, 0.2) is 5.78 Å². The van der Waals surface area contributed by atoms with Crippen LogP contribution in [-0.4, -0.2) is 57.8 Å². The van der Waals surface area contributed by atoms with Crippen LogP contribution in [0.5, 0.6) is 0 Å². The lowest BCUT2D eigenvalue weighted by atomic mass is 9.86. The lowest BCUT2D eigenvalue weighted by Gasteiger charge is -2.44. The number of Topliss-reactive ketones (excluding diaryl/α,β-unsaturated/α-hetero) is 1. The second-order valence-corrected chi connectivity index (χ2v) is 10.0. The first-order valence-corrected chi connectivity index (χ1v) is 11.3. The number of benzene rings is 1. The molecule has 0 aliphatic carbocycles. The van der Waals surface area contributed by atoms with Crippen LogP contribution in [0.3, 0.4) is 0 Å². The molecule has 9 nitrogen and oxygen atoms in total. The molecule has 174 valence electrons. The smallest absolute Gasteiger partial charge is 0.435 e. The van der Waals surface area contributed by atoms with E-state index < -0.39 is 41.2 Å². The second kappa shape index (κ2) is 9.50. The summed E-state index contributed by atoms with van der Waals surface area (Å²) in [5.41, 5.74) is 6.78. The van der Waals surface area contributed by atoms with Gasteiger partial charge < -0.3 is 24.8 Å². The fraction of sp³-hybridized carbons (Fsp3) is 0.545. The van der Waals surface area contributed by atoms with Crippen LogP contribution in [0.25, 0.3) is 0 Å². The third-order valence-electron chi connectivity index (χ3n) is 5.51. The molecule has 0 radical (unpaired) electrons. The molecule has 3 rings (SSSR count). The normalized spacial score (nSPS) is 25.2. The molecule has 2 heterocycles. The van der Waals surface area contributed by atoms with Gasteiger partial charge in [-0.25, -0.2) is 9.59 Å². The van der Waals surface area contributed by atoms with E-state index in [-0.39, 0.29) is 30.1 Å². The second-order valence-electron chi connectivity index (χ2n) is 8.23. The highest BCUT2D eigenvalue weighted by atomic mass is 32.2. The van der Waals surface area contributed by atoms with Gasteiger partial charge in [0.25, 0.3) is 0 Å². The van der Waals surface area contributed by atoms with Gasteiger partial charge >= 0.3 is 12.1 Å². The molecule has 5 atom stereocenters. The summed E-state index contributed by atoms with van der Waals surface area (Å²) in [5.74, 6) is -1.74. The summed E-state index contributed by atoms with van der Waals surface area (Å²) in [7, 11) is 0. The standard InChI is InChI=1S/C22H28N2O7S/c1-5-29-21(28)31-12(2)30-20(27)17-22(3,4)32-19-14(18(26)24(17)19)11-15(25)16(23)13-9-7-6-8-10-13/h6-10,12,14,16-17,19H,5,11,23H2,1-4H3/t12?,14-,16-,17+,19-/m1/s1. The number of ether oxygens (including phenoxy) is 3. The van der Waals surface area contributed by atoms with Gasteiger partial charge in [-0.05, 0) is 26.3 Å². The predicted octanol–water partition coefficient (Wildman–Crippen LogP) is 2.39. The minimum atomic E-state index is -1.17. The Morgan fingerprint density at radius 1 is 1.19 bits per heavy atom. The van der Waals surface area contributed by atoms with E-state index in [9.17, 15) is 19.2 Å². The van der Waals surface area contributed by atoms with E-state index in [2.05, 4.69) is 4.74 Å². The Hall–Kier alpha value is -2.59. The van der Waals surface area contributed by atoms with Crippen molar-refractivity contribution in [3.63, 3.8) is 0 Å². The van der Waals surface area contributed by atoms with Crippen molar-refractivity contribution in [1.82, 2.24) is 4.90 Å². The zero-order valence-corrected chi connectivity index (χ0v) is 19.3. The van der Waals surface area contributed by atoms with Crippen molar-refractivity contribution in [2.24, 2.45) is 11.7 Å². The number of hydrogen-bond donors (Lipinski definition) is 1. The Bertz CT molecular complexity index is 892. The third kappa shape index (κ3) is 4.75. The molecular formula is C22H28N2O7S. The molecule has 2 aliphatic heterocycles. The number of nitrogens with zero attached hydrogens (tertiary/aromatic N) is 1. The van der Waals surface area contributed by atoms with Crippen LogP contribution in [0.15, 0.2) is 30.3 Å². The minimum Gasteiger partial charge on any atom is -0.435 e. The maximum atomic E-state index is 12.9. The number of fused-ring (bicyclic) bond motifs is 1. The number of nitrogens with two attached hydrogens (primary N) is 1. The van der Waals surface area contributed by atoms with Crippen LogP contribution in [0.4, 0.5) is 4.79 Å². The lowest BCUT2D eigenvalue weighted by Crippen LogP contribution is -2.63. The van der Waals surface area contributed by atoms with Crippen molar-refractivity contribution < 1.29 is 33.4 Å². The van der Waals surface area contributed by atoms with Crippen LogP contribution in [-0.2, 0) is 28.6 Å². The summed E-state index contributed by atoms with van der Waals surface area (Å²) >= 11 is 1.44. The van der Waals surface area contributed by atoms with E-state index >= 15 is 0 Å². The summed E-state index contributed by atoms with van der Waals surface area (Å²) < 4.78 is 14.1. The molecule has 10 heteroatoms. The SMILES string of the molecule is CCOC(=O)OC(C)OC(=O)[C@@H]1N2C(=O)[C@@H](CC(=O)[C@H](N)c3ccccc3)[C@H]2SC1(C)C. The number of amides is 1. The number of rotatable bonds is 8. The summed E-state index contributed by atoms with van der Waals surface area (Å²) in [6.45, 7) is 6.82. The Morgan fingerprint density at radius 3 is 2.47 bits per heavy atom. The van der Waals surface area contributed by atoms with Crippen LogP contribution in [0.1, 0.15) is 45.7 Å². The Balaban J connectivity index is 1.63. The molecule has 1 aromatic carbocycles. The molecule has 2 N–H and O–H groups in total. The maximum absolute atomic E-state index is 12.9. The highest BCUT2D eigenvalue weighted by molar-refractivity contribution is 8.01. The molecule has 0 spiro atoms. The van der Waals surface area contributed by atoms with E-state index in [0.29, 0.717) is 5.56 Å². The Kier molecular flexibility index (Phi) is 7.14. The molecule has 2 saturated heterocycles. The number of hydrogen-bond acceptors (Lipinski definition) is 9. The Labute approximate surface area is 190 Å². The van der Waals surface area contributed by atoms with Crippen LogP contribution >= 0.6 is 11.8 Å². The lowest BCUT2D eigenvalue weighted by molar-refractivity contribution is -0.182. The minimum absolute atomic E-state index is 0.00325.